The highest BCUT2D eigenvalue weighted by molar-refractivity contribution is 9.25. The summed E-state index contributed by atoms with van der Waals surface area (Å²) in [7, 11) is 0. The van der Waals surface area contributed by atoms with Crippen LogP contribution in [-0.2, 0) is 16.1 Å². The van der Waals surface area contributed by atoms with Crippen molar-refractivity contribution in [1.82, 2.24) is 0 Å². The summed E-state index contributed by atoms with van der Waals surface area (Å²) in [5.74, 6) is -0.200. The van der Waals surface area contributed by atoms with Gasteiger partial charge in [-0.05, 0) is 12.0 Å². The lowest BCUT2D eigenvalue weighted by molar-refractivity contribution is -0.146. The number of halogens is 2. The van der Waals surface area contributed by atoms with Crippen LogP contribution in [0.1, 0.15) is 12.0 Å². The fourth-order valence-electron chi connectivity index (χ4n) is 1.30. The summed E-state index contributed by atoms with van der Waals surface area (Å²) in [4.78, 5) is 11.5. The molecule has 0 bridgehead atoms. The number of alkyl halides is 2. The summed E-state index contributed by atoms with van der Waals surface area (Å²) in [6.07, 6.45) is 0.792. The van der Waals surface area contributed by atoms with Crippen LogP contribution in [0.5, 0.6) is 0 Å². The van der Waals surface area contributed by atoms with E-state index in [1.807, 2.05) is 30.3 Å². The molecule has 2 rings (SSSR count). The zero-order valence-corrected chi connectivity index (χ0v) is 11.1. The molecule has 1 aromatic carbocycles. The molecule has 0 amide bonds. The summed E-state index contributed by atoms with van der Waals surface area (Å²) in [5, 5.41) is 0. The van der Waals surface area contributed by atoms with E-state index in [4.69, 9.17) is 4.74 Å². The molecule has 1 aromatic rings. The van der Waals surface area contributed by atoms with Gasteiger partial charge in [-0.25, -0.2) is 0 Å². The zero-order chi connectivity index (χ0) is 10.9. The molecule has 0 saturated heterocycles. The predicted octanol–water partition coefficient (Wildman–Crippen LogP) is 3.24. The first-order valence-corrected chi connectivity index (χ1v) is 6.26. The second-order valence-corrected chi connectivity index (χ2v) is 7.51. The first-order valence-electron chi connectivity index (χ1n) is 4.68. The summed E-state index contributed by atoms with van der Waals surface area (Å²) in [5.41, 5.74) is 1.02. The Hall–Kier alpha value is -0.350. The molecule has 1 aliphatic rings. The van der Waals surface area contributed by atoms with Crippen molar-refractivity contribution < 1.29 is 9.53 Å². The van der Waals surface area contributed by atoms with Crippen LogP contribution in [0.2, 0.25) is 0 Å². The van der Waals surface area contributed by atoms with Crippen molar-refractivity contribution in [1.29, 1.82) is 0 Å². The minimum atomic E-state index is -0.215. The van der Waals surface area contributed by atoms with Crippen molar-refractivity contribution in [3.63, 3.8) is 0 Å². The maximum atomic E-state index is 11.5. The molecule has 4 heteroatoms. The second-order valence-electron chi connectivity index (χ2n) is 3.61. The summed E-state index contributed by atoms with van der Waals surface area (Å²) >= 11 is 6.79. The third-order valence-electron chi connectivity index (χ3n) is 2.33. The van der Waals surface area contributed by atoms with Crippen LogP contribution in [0, 0.1) is 5.92 Å². The highest BCUT2D eigenvalue weighted by Crippen LogP contribution is 2.56. The maximum absolute atomic E-state index is 11.5. The van der Waals surface area contributed by atoms with Gasteiger partial charge in [0.1, 0.15) is 6.61 Å². The molecule has 1 aliphatic carbocycles. The monoisotopic (exact) mass is 332 g/mol. The number of hydrogen-bond acceptors (Lipinski definition) is 2. The zero-order valence-electron chi connectivity index (χ0n) is 7.95. The van der Waals surface area contributed by atoms with Gasteiger partial charge in [0, 0.05) is 0 Å². The SMILES string of the molecule is O=C(OCc1ccccc1)C1CC1(Br)Br. The van der Waals surface area contributed by atoms with Gasteiger partial charge in [0.05, 0.1) is 9.15 Å². The minimum Gasteiger partial charge on any atom is -0.461 e. The summed E-state index contributed by atoms with van der Waals surface area (Å²) < 4.78 is 4.97. The van der Waals surface area contributed by atoms with Gasteiger partial charge in [-0.2, -0.15) is 0 Å². The Labute approximate surface area is 105 Å². The van der Waals surface area contributed by atoms with Crippen LogP contribution in [0.15, 0.2) is 30.3 Å². The van der Waals surface area contributed by atoms with Gasteiger partial charge >= 0.3 is 5.97 Å². The molecule has 0 heterocycles. The van der Waals surface area contributed by atoms with Gasteiger partial charge in [0.15, 0.2) is 0 Å². The van der Waals surface area contributed by atoms with E-state index in [0.29, 0.717) is 6.61 Å². The van der Waals surface area contributed by atoms with E-state index in [2.05, 4.69) is 31.9 Å². The number of carbonyl (C=O) groups excluding carboxylic acids is 1. The standard InChI is InChI=1S/C11H10Br2O2/c12-11(13)6-9(11)10(14)15-7-8-4-2-1-3-5-8/h1-5,9H,6-7H2. The molecule has 0 radical (unpaired) electrons. The third-order valence-corrected chi connectivity index (χ3v) is 4.09. The van der Waals surface area contributed by atoms with Crippen LogP contribution in [0.25, 0.3) is 0 Å². The van der Waals surface area contributed by atoms with Gasteiger partial charge in [-0.15, -0.1) is 0 Å². The molecule has 15 heavy (non-hydrogen) atoms. The molecule has 0 spiro atoms. The van der Waals surface area contributed by atoms with Crippen LogP contribution in [0.4, 0.5) is 0 Å². The Morgan fingerprint density at radius 2 is 2.00 bits per heavy atom. The van der Waals surface area contributed by atoms with E-state index in [1.54, 1.807) is 0 Å². The van der Waals surface area contributed by atoms with Gasteiger partial charge in [0.25, 0.3) is 0 Å². The molecule has 1 atom stereocenters. The predicted molar refractivity (Wildman–Crippen MR) is 64.9 cm³/mol. The van der Waals surface area contributed by atoms with Crippen molar-refractivity contribution in [2.75, 3.05) is 0 Å². The van der Waals surface area contributed by atoms with Crippen LogP contribution in [-0.4, -0.2) is 9.20 Å². The smallest absolute Gasteiger partial charge is 0.311 e. The molecule has 0 aliphatic heterocycles. The van der Waals surface area contributed by atoms with Crippen LogP contribution in [0.3, 0.4) is 0 Å². The van der Waals surface area contributed by atoms with Gasteiger partial charge in [-0.1, -0.05) is 62.2 Å². The fourth-order valence-corrected chi connectivity index (χ4v) is 2.32. The fraction of sp³-hybridized carbons (Fsp3) is 0.364. The molecule has 1 fully saturated rings. The largest absolute Gasteiger partial charge is 0.461 e. The first-order chi connectivity index (χ1) is 7.09. The quantitative estimate of drug-likeness (QED) is 0.627. The van der Waals surface area contributed by atoms with E-state index >= 15 is 0 Å². The minimum absolute atomic E-state index is 0.0544. The average molecular weight is 334 g/mol. The van der Waals surface area contributed by atoms with Gasteiger partial charge in [0.2, 0.25) is 0 Å². The third kappa shape index (κ3) is 2.82. The van der Waals surface area contributed by atoms with Crippen molar-refractivity contribution in [2.45, 2.75) is 16.3 Å². The maximum Gasteiger partial charge on any atom is 0.311 e. The molecule has 1 saturated carbocycles. The van der Waals surface area contributed by atoms with Crippen molar-refractivity contribution in [3.05, 3.63) is 35.9 Å². The van der Waals surface area contributed by atoms with Crippen molar-refractivity contribution in [3.8, 4) is 0 Å². The summed E-state index contributed by atoms with van der Waals surface area (Å²) in [6.45, 7) is 0.353. The Morgan fingerprint density at radius 1 is 1.40 bits per heavy atom. The lowest BCUT2D eigenvalue weighted by Crippen LogP contribution is -2.10. The van der Waals surface area contributed by atoms with Crippen LogP contribution < -0.4 is 0 Å². The second kappa shape index (κ2) is 4.26. The van der Waals surface area contributed by atoms with Gasteiger partial charge < -0.3 is 4.74 Å². The lowest BCUT2D eigenvalue weighted by Gasteiger charge is -2.04. The molecule has 0 aromatic heterocycles. The average Bonchev–Trinajstić information content (AvgIpc) is 2.86. The Kier molecular flexibility index (Phi) is 3.16. The van der Waals surface area contributed by atoms with Crippen molar-refractivity contribution >= 4 is 37.8 Å². The summed E-state index contributed by atoms with van der Waals surface area (Å²) in [6, 6.07) is 9.68. The molecular formula is C11H10Br2O2. The number of esters is 1. The van der Waals surface area contributed by atoms with Crippen molar-refractivity contribution in [2.24, 2.45) is 5.92 Å². The molecular weight excluding hydrogens is 324 g/mol. The number of ether oxygens (including phenoxy) is 1. The van der Waals surface area contributed by atoms with Gasteiger partial charge in [-0.3, -0.25) is 4.79 Å². The molecule has 1 unspecified atom stereocenters. The van der Waals surface area contributed by atoms with Crippen LogP contribution >= 0.6 is 31.9 Å². The van der Waals surface area contributed by atoms with E-state index in [0.717, 1.165) is 12.0 Å². The highest BCUT2D eigenvalue weighted by Gasteiger charge is 2.56. The van der Waals surface area contributed by atoms with E-state index in [-0.39, 0.29) is 15.1 Å². The Balaban J connectivity index is 1.82. The number of hydrogen-bond donors (Lipinski definition) is 0. The highest BCUT2D eigenvalue weighted by atomic mass is 79.9. The number of benzene rings is 1. The topological polar surface area (TPSA) is 26.3 Å². The van der Waals surface area contributed by atoms with E-state index < -0.39 is 0 Å². The molecule has 80 valence electrons. The Bertz CT molecular complexity index is 362. The Morgan fingerprint density at radius 3 is 2.53 bits per heavy atom. The number of rotatable bonds is 3. The lowest BCUT2D eigenvalue weighted by atomic mass is 10.2. The van der Waals surface area contributed by atoms with E-state index in [9.17, 15) is 4.79 Å². The molecule has 0 N–H and O–H groups in total. The number of carbonyl (C=O) groups is 1. The molecule has 2 nitrogen and oxygen atoms in total. The normalized spacial score (nSPS) is 22.1. The first kappa shape index (κ1) is 11.1. The van der Waals surface area contributed by atoms with E-state index in [1.165, 1.54) is 0 Å².